The Labute approximate surface area is 203 Å². The first-order chi connectivity index (χ1) is 16.5. The Kier molecular flexibility index (Phi) is 5.47. The van der Waals surface area contributed by atoms with Crippen molar-refractivity contribution in [2.45, 2.75) is 38.2 Å². The highest BCUT2D eigenvalue weighted by Crippen LogP contribution is 2.27. The van der Waals surface area contributed by atoms with Gasteiger partial charge in [-0.2, -0.15) is 0 Å². The molecule has 1 aliphatic rings. The minimum absolute atomic E-state index is 0.203. The average molecular weight is 497 g/mol. The largest absolute Gasteiger partial charge is 0.444 e. The average Bonchev–Trinajstić information content (AvgIpc) is 3.43. The molecule has 184 valence electrons. The number of hydrogen-bond acceptors (Lipinski definition) is 7. The summed E-state index contributed by atoms with van der Waals surface area (Å²) in [6.45, 7) is 9.63. The molecule has 11 heteroatoms. The highest BCUT2D eigenvalue weighted by atomic mass is 32.2. The van der Waals surface area contributed by atoms with Crippen LogP contribution in [0.1, 0.15) is 26.3 Å². The Morgan fingerprint density at radius 3 is 2.34 bits per heavy atom. The molecule has 0 spiro atoms. The number of benzene rings is 1. The van der Waals surface area contributed by atoms with Crippen molar-refractivity contribution in [2.75, 3.05) is 31.2 Å². The van der Waals surface area contributed by atoms with E-state index in [-0.39, 0.29) is 11.0 Å². The van der Waals surface area contributed by atoms with E-state index in [4.69, 9.17) is 4.74 Å². The summed E-state index contributed by atoms with van der Waals surface area (Å²) >= 11 is 0. The van der Waals surface area contributed by atoms with E-state index in [0.717, 1.165) is 11.1 Å². The number of fused-ring (bicyclic) bond motifs is 3. The molecule has 0 N–H and O–H groups in total. The molecule has 4 heterocycles. The van der Waals surface area contributed by atoms with Crippen LogP contribution >= 0.6 is 0 Å². The maximum Gasteiger partial charge on any atom is 0.410 e. The number of nitrogens with zero attached hydrogens (tertiary/aromatic N) is 6. The van der Waals surface area contributed by atoms with Crippen LogP contribution in [0.3, 0.4) is 0 Å². The number of imidazole rings is 1. The Hall–Kier alpha value is -3.60. The maximum absolute atomic E-state index is 13.3. The lowest BCUT2D eigenvalue weighted by Crippen LogP contribution is -2.53. The predicted molar refractivity (Wildman–Crippen MR) is 133 cm³/mol. The number of hydrogen-bond donors (Lipinski definition) is 0. The van der Waals surface area contributed by atoms with Gasteiger partial charge in [0.25, 0.3) is 10.0 Å². The summed E-state index contributed by atoms with van der Waals surface area (Å²) < 4.78 is 35.3. The van der Waals surface area contributed by atoms with Crippen molar-refractivity contribution >= 4 is 38.2 Å². The minimum Gasteiger partial charge on any atom is -0.444 e. The van der Waals surface area contributed by atoms with Crippen LogP contribution in [-0.2, 0) is 14.8 Å². The van der Waals surface area contributed by atoms with Gasteiger partial charge >= 0.3 is 6.09 Å². The topological polar surface area (TPSA) is 103 Å². The summed E-state index contributed by atoms with van der Waals surface area (Å²) in [6, 6.07) is 8.50. The minimum atomic E-state index is -3.81. The molecule has 35 heavy (non-hydrogen) atoms. The Morgan fingerprint density at radius 1 is 1.00 bits per heavy atom. The molecule has 1 aromatic carbocycles. The molecule has 0 atom stereocenters. The molecule has 0 radical (unpaired) electrons. The Balaban J connectivity index is 1.47. The number of aromatic nitrogens is 4. The van der Waals surface area contributed by atoms with Crippen LogP contribution in [0, 0.1) is 6.92 Å². The van der Waals surface area contributed by atoms with Crippen molar-refractivity contribution in [2.24, 2.45) is 0 Å². The van der Waals surface area contributed by atoms with Crippen molar-refractivity contribution in [3.8, 4) is 0 Å². The first-order valence-electron chi connectivity index (χ1n) is 11.4. The fourth-order valence-corrected chi connectivity index (χ4v) is 5.50. The maximum atomic E-state index is 13.3. The molecule has 0 unspecified atom stereocenters. The van der Waals surface area contributed by atoms with Gasteiger partial charge < -0.3 is 14.6 Å². The summed E-state index contributed by atoms with van der Waals surface area (Å²) in [5.74, 6) is 0. The zero-order valence-corrected chi connectivity index (χ0v) is 21.0. The molecule has 10 nitrogen and oxygen atoms in total. The van der Waals surface area contributed by atoms with E-state index in [1.807, 2.05) is 32.4 Å². The van der Waals surface area contributed by atoms with E-state index < -0.39 is 15.6 Å². The molecule has 5 rings (SSSR count). The molecular formula is C24H28N6O4S. The van der Waals surface area contributed by atoms with Gasteiger partial charge in [-0.1, -0.05) is 17.7 Å². The fraction of sp³-hybridized carbons (Fsp3) is 0.375. The smallest absolute Gasteiger partial charge is 0.410 e. The quantitative estimate of drug-likeness (QED) is 0.429. The van der Waals surface area contributed by atoms with Crippen molar-refractivity contribution < 1.29 is 17.9 Å². The van der Waals surface area contributed by atoms with E-state index in [9.17, 15) is 13.2 Å². The molecule has 0 bridgehead atoms. The zero-order valence-electron chi connectivity index (χ0n) is 20.2. The van der Waals surface area contributed by atoms with Crippen molar-refractivity contribution in [1.29, 1.82) is 0 Å². The third-order valence-corrected chi connectivity index (χ3v) is 7.64. The van der Waals surface area contributed by atoms with Gasteiger partial charge in [-0.3, -0.25) is 0 Å². The van der Waals surface area contributed by atoms with Crippen LogP contribution in [0.15, 0.2) is 53.9 Å². The molecule has 1 fully saturated rings. The predicted octanol–water partition coefficient (Wildman–Crippen LogP) is 3.12. The number of pyridine rings is 1. The Morgan fingerprint density at radius 2 is 1.69 bits per heavy atom. The lowest BCUT2D eigenvalue weighted by molar-refractivity contribution is 0.0232. The monoisotopic (exact) mass is 496 g/mol. The number of aryl methyl sites for hydroxylation is 1. The van der Waals surface area contributed by atoms with Gasteiger partial charge in [-0.05, 0) is 45.9 Å². The van der Waals surface area contributed by atoms with Gasteiger partial charge in [0.1, 0.15) is 23.0 Å². The number of amides is 1. The van der Waals surface area contributed by atoms with Crippen LogP contribution in [0.4, 0.5) is 4.79 Å². The lowest BCUT2D eigenvalue weighted by atomic mass is 10.2. The molecule has 3 aromatic heterocycles. The number of piperazine rings is 1. The molecule has 4 aromatic rings. The van der Waals surface area contributed by atoms with Gasteiger partial charge in [-0.25, -0.2) is 31.8 Å². The summed E-state index contributed by atoms with van der Waals surface area (Å²) in [5, 5.41) is 2.77. The second-order valence-electron chi connectivity index (χ2n) is 9.67. The molecule has 0 aliphatic carbocycles. The van der Waals surface area contributed by atoms with Crippen molar-refractivity contribution in [1.82, 2.24) is 23.5 Å². The van der Waals surface area contributed by atoms with Gasteiger partial charge in [0, 0.05) is 24.7 Å². The summed E-state index contributed by atoms with van der Waals surface area (Å²) in [5.41, 5.74) is 2.22. The van der Waals surface area contributed by atoms with Crippen molar-refractivity contribution in [3.05, 3.63) is 54.6 Å². The van der Waals surface area contributed by atoms with Gasteiger partial charge in [-0.15, -0.1) is 0 Å². The lowest BCUT2D eigenvalue weighted by Gasteiger charge is -2.37. The number of carbonyl (C=O) groups is 1. The standard InChI is InChI=1S/C24H28N6O4S/c1-17-5-7-18(8-6-17)35(32,33)30-10-9-19-21-20(15-25-22(19)30)26-16-29(21)28-13-11-27(12-14-28)23(31)34-24(2,3)4/h5-10,15-16H,11-14H2,1-4H3. The van der Waals surface area contributed by atoms with E-state index in [0.29, 0.717) is 42.7 Å². The highest BCUT2D eigenvalue weighted by Gasteiger charge is 2.27. The second-order valence-corrected chi connectivity index (χ2v) is 11.5. The summed E-state index contributed by atoms with van der Waals surface area (Å²) in [6.07, 6.45) is 4.51. The zero-order chi connectivity index (χ0) is 25.0. The van der Waals surface area contributed by atoms with Gasteiger partial charge in [0.15, 0.2) is 5.65 Å². The first-order valence-corrected chi connectivity index (χ1v) is 12.9. The molecule has 0 saturated carbocycles. The van der Waals surface area contributed by atoms with Gasteiger partial charge in [0.2, 0.25) is 0 Å². The molecular weight excluding hydrogens is 468 g/mol. The third kappa shape index (κ3) is 4.20. The van der Waals surface area contributed by atoms with Crippen molar-refractivity contribution in [3.63, 3.8) is 0 Å². The number of rotatable bonds is 3. The van der Waals surface area contributed by atoms with E-state index >= 15 is 0 Å². The SMILES string of the molecule is Cc1ccc(S(=O)(=O)n2ccc3c4c(cnc32)ncn4N2CCN(C(=O)OC(C)(C)C)CC2)cc1. The van der Waals surface area contributed by atoms with Crippen LogP contribution in [0.25, 0.3) is 22.1 Å². The highest BCUT2D eigenvalue weighted by molar-refractivity contribution is 7.90. The molecule has 1 saturated heterocycles. The van der Waals surface area contributed by atoms with Crippen LogP contribution in [0.2, 0.25) is 0 Å². The Bertz CT molecular complexity index is 1510. The fourth-order valence-electron chi connectivity index (χ4n) is 4.20. The van der Waals surface area contributed by atoms with Crippen LogP contribution in [-0.4, -0.2) is 69.8 Å². The van der Waals surface area contributed by atoms with E-state index in [1.54, 1.807) is 47.8 Å². The van der Waals surface area contributed by atoms with Crippen LogP contribution in [0.5, 0.6) is 0 Å². The summed E-state index contributed by atoms with van der Waals surface area (Å²) in [4.78, 5) is 23.2. The number of ether oxygens (including phenoxy) is 1. The third-order valence-electron chi connectivity index (χ3n) is 5.96. The molecule has 1 aliphatic heterocycles. The van der Waals surface area contributed by atoms with Crippen LogP contribution < -0.4 is 5.01 Å². The first kappa shape index (κ1) is 23.2. The van der Waals surface area contributed by atoms with E-state index in [2.05, 4.69) is 15.0 Å². The van der Waals surface area contributed by atoms with E-state index in [1.165, 1.54) is 10.2 Å². The van der Waals surface area contributed by atoms with Gasteiger partial charge in [0.05, 0.1) is 24.2 Å². The molecule has 1 amide bonds. The normalized spacial score (nSPS) is 15.2. The number of carbonyl (C=O) groups excluding carboxylic acids is 1. The summed E-state index contributed by atoms with van der Waals surface area (Å²) in [7, 11) is -3.81. The second kappa shape index (κ2) is 8.26.